The van der Waals surface area contributed by atoms with E-state index < -0.39 is 37.4 Å². The molecule has 2 heterocycles. The highest BCUT2D eigenvalue weighted by Crippen LogP contribution is 2.25. The molecule has 1 aromatic carbocycles. The van der Waals surface area contributed by atoms with E-state index in [9.17, 15) is 24.5 Å². The SMILES string of the molecule is C/C(N)=C(\Cc1ccc(CCCC(=O)N2CCN(CCO)CC2)cc1)C(=N)OC1OC(CO)C(F)C(O)C1O. The first-order chi connectivity index (χ1) is 18.6. The summed E-state index contributed by atoms with van der Waals surface area (Å²) in [6.07, 6.45) is -6.30. The Morgan fingerprint density at radius 1 is 1.13 bits per heavy atom. The number of aryl methyl sites for hydroxylation is 1. The quantitative estimate of drug-likeness (QED) is 0.159. The average Bonchev–Trinajstić information content (AvgIpc) is 2.93. The molecule has 0 spiro atoms. The summed E-state index contributed by atoms with van der Waals surface area (Å²) < 4.78 is 24.6. The van der Waals surface area contributed by atoms with Gasteiger partial charge in [-0.15, -0.1) is 0 Å². The molecular formula is C27H41FN4O7. The van der Waals surface area contributed by atoms with Crippen molar-refractivity contribution in [2.45, 2.75) is 63.4 Å². The summed E-state index contributed by atoms with van der Waals surface area (Å²) in [7, 11) is 0. The van der Waals surface area contributed by atoms with Crippen molar-refractivity contribution in [1.29, 1.82) is 5.41 Å². The Morgan fingerprint density at radius 3 is 2.36 bits per heavy atom. The van der Waals surface area contributed by atoms with Gasteiger partial charge in [-0.3, -0.25) is 15.1 Å². The molecule has 1 aromatic rings. The largest absolute Gasteiger partial charge is 0.445 e. The molecule has 0 aliphatic carbocycles. The molecule has 0 bridgehead atoms. The van der Waals surface area contributed by atoms with Crippen LogP contribution in [0.2, 0.25) is 0 Å². The first kappa shape index (κ1) is 30.9. The molecule has 1 amide bonds. The fraction of sp³-hybridized carbons (Fsp3) is 0.630. The van der Waals surface area contributed by atoms with Crippen LogP contribution in [-0.4, -0.2) is 119 Å². The highest BCUT2D eigenvalue weighted by atomic mass is 19.1. The molecule has 2 aliphatic heterocycles. The molecule has 5 unspecified atom stereocenters. The maximum atomic E-state index is 14.0. The third-order valence-electron chi connectivity index (χ3n) is 7.18. The fourth-order valence-electron chi connectivity index (χ4n) is 4.72. The van der Waals surface area contributed by atoms with Gasteiger partial charge in [0, 0.05) is 56.8 Å². The highest BCUT2D eigenvalue weighted by molar-refractivity contribution is 5.92. The zero-order valence-corrected chi connectivity index (χ0v) is 22.3. The minimum atomic E-state index is -1.99. The molecule has 2 aliphatic rings. The summed E-state index contributed by atoms with van der Waals surface area (Å²) in [5.74, 6) is -0.242. The summed E-state index contributed by atoms with van der Waals surface area (Å²) >= 11 is 0. The molecule has 5 atom stereocenters. The van der Waals surface area contributed by atoms with Crippen LogP contribution in [0, 0.1) is 5.41 Å². The van der Waals surface area contributed by atoms with E-state index in [1.807, 2.05) is 29.2 Å². The van der Waals surface area contributed by atoms with E-state index in [4.69, 9.17) is 25.7 Å². The molecular weight excluding hydrogens is 511 g/mol. The molecule has 2 saturated heterocycles. The number of halogens is 1. The predicted molar refractivity (Wildman–Crippen MR) is 142 cm³/mol. The standard InChI is InChI=1S/C27H41FN4O7/c1-17(29)20(26(30)39-27-25(37)24(36)23(28)21(16-34)38-27)15-19-7-5-18(6-8-19)3-2-4-22(35)32-11-9-31(10-12-32)13-14-33/h5-8,21,23-25,27,30,33-34,36-37H,2-4,9-16,29H2,1H3/b20-17-,30-26?. The number of nitrogens with two attached hydrogens (primary N) is 1. The lowest BCUT2D eigenvalue weighted by Gasteiger charge is -2.38. The lowest BCUT2D eigenvalue weighted by Crippen LogP contribution is -2.58. The van der Waals surface area contributed by atoms with Gasteiger partial charge in [0.1, 0.15) is 18.3 Å². The van der Waals surface area contributed by atoms with Gasteiger partial charge in [0.2, 0.25) is 18.1 Å². The van der Waals surface area contributed by atoms with Crippen LogP contribution in [0.5, 0.6) is 0 Å². The number of β-amino-alcohol motifs (C(OH)–C–C–N with tert-alkyl or cyclic N) is 1. The molecule has 12 heteroatoms. The Bertz CT molecular complexity index is 979. The van der Waals surface area contributed by atoms with Gasteiger partial charge in [0.05, 0.1) is 13.2 Å². The lowest BCUT2D eigenvalue weighted by molar-refractivity contribution is -0.269. The van der Waals surface area contributed by atoms with Crippen LogP contribution in [-0.2, 0) is 27.1 Å². The first-order valence-corrected chi connectivity index (χ1v) is 13.3. The maximum absolute atomic E-state index is 14.0. The van der Waals surface area contributed by atoms with Gasteiger partial charge in [-0.2, -0.15) is 0 Å². The number of rotatable bonds is 11. The van der Waals surface area contributed by atoms with Gasteiger partial charge in [-0.25, -0.2) is 4.39 Å². The van der Waals surface area contributed by atoms with Crippen LogP contribution in [0.4, 0.5) is 4.39 Å². The Labute approximate surface area is 228 Å². The molecule has 11 nitrogen and oxygen atoms in total. The topological polar surface area (TPSA) is 173 Å². The molecule has 0 saturated carbocycles. The fourth-order valence-corrected chi connectivity index (χ4v) is 4.72. The molecule has 7 N–H and O–H groups in total. The van der Waals surface area contributed by atoms with Gasteiger partial charge in [0.25, 0.3) is 0 Å². The van der Waals surface area contributed by atoms with Crippen LogP contribution >= 0.6 is 0 Å². The number of benzene rings is 1. The normalized spacial score (nSPS) is 26.7. The number of hydrogen-bond acceptors (Lipinski definition) is 10. The lowest BCUT2D eigenvalue weighted by atomic mass is 9.99. The second-order valence-corrected chi connectivity index (χ2v) is 10.1. The van der Waals surface area contributed by atoms with Gasteiger partial charge in [-0.1, -0.05) is 24.3 Å². The average molecular weight is 553 g/mol. The van der Waals surface area contributed by atoms with Gasteiger partial charge < -0.3 is 40.5 Å². The molecule has 2 fully saturated rings. The highest BCUT2D eigenvalue weighted by Gasteiger charge is 2.46. The molecule has 0 aromatic heterocycles. The number of amides is 1. The van der Waals surface area contributed by atoms with E-state index in [1.54, 1.807) is 6.92 Å². The van der Waals surface area contributed by atoms with Crippen molar-refractivity contribution in [2.75, 3.05) is 45.9 Å². The monoisotopic (exact) mass is 552 g/mol. The van der Waals surface area contributed by atoms with Crippen molar-refractivity contribution in [2.24, 2.45) is 5.73 Å². The number of nitrogens with one attached hydrogen (secondary N) is 1. The Balaban J connectivity index is 1.49. The van der Waals surface area contributed by atoms with E-state index in [1.165, 1.54) is 0 Å². The molecule has 0 radical (unpaired) electrons. The summed E-state index contributed by atoms with van der Waals surface area (Å²) in [5.41, 5.74) is 8.57. The van der Waals surface area contributed by atoms with Crippen LogP contribution in [0.15, 0.2) is 35.5 Å². The van der Waals surface area contributed by atoms with Gasteiger partial charge in [-0.05, 0) is 30.9 Å². The number of carbonyl (C=O) groups is 1. The Morgan fingerprint density at radius 2 is 1.77 bits per heavy atom. The predicted octanol–water partition coefficient (Wildman–Crippen LogP) is -0.308. The zero-order valence-electron chi connectivity index (χ0n) is 22.3. The van der Waals surface area contributed by atoms with Gasteiger partial charge in [0.15, 0.2) is 6.17 Å². The number of piperazine rings is 1. The molecule has 39 heavy (non-hydrogen) atoms. The smallest absolute Gasteiger partial charge is 0.231 e. The van der Waals surface area contributed by atoms with Crippen molar-refractivity contribution >= 4 is 11.8 Å². The number of aliphatic hydroxyl groups is 4. The minimum absolute atomic E-state index is 0.130. The van der Waals surface area contributed by atoms with Gasteiger partial charge >= 0.3 is 0 Å². The number of allylic oxidation sites excluding steroid dienone is 1. The van der Waals surface area contributed by atoms with E-state index in [0.29, 0.717) is 37.3 Å². The number of nitrogens with zero attached hydrogens (tertiary/aromatic N) is 2. The van der Waals surface area contributed by atoms with E-state index in [0.717, 1.165) is 37.1 Å². The van der Waals surface area contributed by atoms with Crippen molar-refractivity contribution in [3.63, 3.8) is 0 Å². The number of carbonyl (C=O) groups excluding carboxylic acids is 1. The van der Waals surface area contributed by atoms with Crippen molar-refractivity contribution in [3.8, 4) is 0 Å². The first-order valence-electron chi connectivity index (χ1n) is 13.3. The third-order valence-corrected chi connectivity index (χ3v) is 7.18. The van der Waals surface area contributed by atoms with Crippen molar-refractivity contribution in [1.82, 2.24) is 9.80 Å². The van der Waals surface area contributed by atoms with E-state index in [-0.39, 0.29) is 24.8 Å². The van der Waals surface area contributed by atoms with Crippen molar-refractivity contribution < 1.29 is 39.1 Å². The van der Waals surface area contributed by atoms with Crippen LogP contribution in [0.25, 0.3) is 0 Å². The number of ether oxygens (including phenoxy) is 2. The van der Waals surface area contributed by atoms with Crippen LogP contribution in [0.3, 0.4) is 0 Å². The Kier molecular flexibility index (Phi) is 11.6. The maximum Gasteiger partial charge on any atom is 0.231 e. The molecule has 3 rings (SSSR count). The van der Waals surface area contributed by atoms with Crippen LogP contribution in [0.1, 0.15) is 30.9 Å². The van der Waals surface area contributed by atoms with E-state index in [2.05, 4.69) is 4.90 Å². The molecule has 218 valence electrons. The summed E-state index contributed by atoms with van der Waals surface area (Å²) in [6.45, 7) is 4.60. The summed E-state index contributed by atoms with van der Waals surface area (Å²) in [4.78, 5) is 16.6. The summed E-state index contributed by atoms with van der Waals surface area (Å²) in [6, 6.07) is 7.72. The number of alkyl halides is 1. The zero-order chi connectivity index (χ0) is 28.5. The minimum Gasteiger partial charge on any atom is -0.445 e. The number of hydrogen-bond donors (Lipinski definition) is 6. The van der Waals surface area contributed by atoms with Crippen LogP contribution < -0.4 is 5.73 Å². The third kappa shape index (κ3) is 8.44. The second kappa shape index (κ2) is 14.7. The second-order valence-electron chi connectivity index (χ2n) is 10.1. The number of aliphatic hydroxyl groups excluding tert-OH is 4. The van der Waals surface area contributed by atoms with Crippen molar-refractivity contribution in [3.05, 3.63) is 46.7 Å². The summed E-state index contributed by atoms with van der Waals surface area (Å²) in [5, 5.41) is 46.7. The van der Waals surface area contributed by atoms with E-state index >= 15 is 0 Å². The Hall–Kier alpha value is -2.61.